The molecule has 0 spiro atoms. The molecule has 0 saturated carbocycles. The summed E-state index contributed by atoms with van der Waals surface area (Å²) < 4.78 is 13.0. The quantitative estimate of drug-likeness (QED) is 0.782. The van der Waals surface area contributed by atoms with Gasteiger partial charge < -0.3 is 5.11 Å². The maximum absolute atomic E-state index is 13.0. The molecule has 0 amide bonds. The van der Waals surface area contributed by atoms with Crippen molar-refractivity contribution >= 4 is 11.6 Å². The van der Waals surface area contributed by atoms with Crippen molar-refractivity contribution in [1.29, 1.82) is 0 Å². The minimum Gasteiger partial charge on any atom is -0.385 e. The molecule has 1 rings (SSSR count). The molecule has 0 aromatic heterocycles. The molecule has 0 aliphatic heterocycles. The van der Waals surface area contributed by atoms with Gasteiger partial charge in [-0.1, -0.05) is 24.6 Å². The summed E-state index contributed by atoms with van der Waals surface area (Å²) in [4.78, 5) is 0. The van der Waals surface area contributed by atoms with Gasteiger partial charge in [0.25, 0.3) is 0 Å². The van der Waals surface area contributed by atoms with E-state index in [4.69, 9.17) is 11.6 Å². The van der Waals surface area contributed by atoms with Gasteiger partial charge in [-0.3, -0.25) is 0 Å². The van der Waals surface area contributed by atoms with Crippen LogP contribution in [0.3, 0.4) is 0 Å². The van der Waals surface area contributed by atoms with Crippen LogP contribution >= 0.6 is 11.6 Å². The van der Waals surface area contributed by atoms with Crippen LogP contribution in [0.1, 0.15) is 25.8 Å². The Labute approximate surface area is 82.2 Å². The molecular formula is C10H12ClFO. The molecule has 0 fully saturated rings. The van der Waals surface area contributed by atoms with Gasteiger partial charge in [-0.15, -0.1) is 0 Å². The van der Waals surface area contributed by atoms with Crippen LogP contribution in [-0.4, -0.2) is 5.11 Å². The molecule has 0 unspecified atom stereocenters. The van der Waals surface area contributed by atoms with Crippen LogP contribution in [0.5, 0.6) is 0 Å². The van der Waals surface area contributed by atoms with Crippen LogP contribution in [0.25, 0.3) is 0 Å². The lowest BCUT2D eigenvalue weighted by atomic mass is 9.93. The minimum atomic E-state index is -0.981. The molecule has 1 aromatic rings. The maximum atomic E-state index is 13.0. The number of halogens is 2. The zero-order valence-corrected chi connectivity index (χ0v) is 8.40. The Hall–Kier alpha value is -0.600. The Morgan fingerprint density at radius 2 is 2.15 bits per heavy atom. The molecule has 0 heterocycles. The Morgan fingerprint density at radius 3 is 2.62 bits per heavy atom. The molecule has 72 valence electrons. The average Bonchev–Trinajstić information content (AvgIpc) is 2.09. The van der Waals surface area contributed by atoms with Crippen LogP contribution in [0.15, 0.2) is 18.2 Å². The van der Waals surface area contributed by atoms with Crippen molar-refractivity contribution in [2.45, 2.75) is 25.9 Å². The van der Waals surface area contributed by atoms with Gasteiger partial charge in [0.15, 0.2) is 0 Å². The van der Waals surface area contributed by atoms with Gasteiger partial charge in [0.1, 0.15) is 5.82 Å². The first kappa shape index (κ1) is 10.5. The zero-order valence-electron chi connectivity index (χ0n) is 7.64. The highest BCUT2D eigenvalue weighted by Gasteiger charge is 2.21. The molecule has 0 aliphatic rings. The zero-order chi connectivity index (χ0) is 10.1. The Kier molecular flexibility index (Phi) is 2.94. The van der Waals surface area contributed by atoms with Crippen LogP contribution in [0, 0.1) is 5.82 Å². The number of hydrogen-bond donors (Lipinski definition) is 1. The van der Waals surface area contributed by atoms with Crippen molar-refractivity contribution in [1.82, 2.24) is 0 Å². The van der Waals surface area contributed by atoms with Crippen LogP contribution in [0.4, 0.5) is 4.39 Å². The number of aliphatic hydroxyl groups is 1. The third-order valence-corrected chi connectivity index (χ3v) is 2.54. The largest absolute Gasteiger partial charge is 0.385 e. The van der Waals surface area contributed by atoms with Gasteiger partial charge in [-0.25, -0.2) is 4.39 Å². The summed E-state index contributed by atoms with van der Waals surface area (Å²) >= 11 is 5.52. The van der Waals surface area contributed by atoms with E-state index < -0.39 is 11.4 Å². The molecular weight excluding hydrogens is 191 g/mol. The molecule has 0 saturated heterocycles. The van der Waals surface area contributed by atoms with Gasteiger partial charge in [-0.05, 0) is 31.0 Å². The first-order valence-electron chi connectivity index (χ1n) is 4.15. The van der Waals surface area contributed by atoms with Crippen LogP contribution in [0.2, 0.25) is 5.02 Å². The van der Waals surface area contributed by atoms with Gasteiger partial charge in [0.2, 0.25) is 0 Å². The number of benzene rings is 1. The standard InChI is InChI=1S/C10H12ClFO/c1-3-10(2,13)7-4-5-8(11)9(12)6-7/h4-6,13H,3H2,1-2H3/t10-/m1/s1. The van der Waals surface area contributed by atoms with Crippen molar-refractivity contribution in [3.05, 3.63) is 34.6 Å². The Morgan fingerprint density at radius 1 is 1.54 bits per heavy atom. The van der Waals surface area contributed by atoms with E-state index in [1.807, 2.05) is 6.92 Å². The number of hydrogen-bond acceptors (Lipinski definition) is 1. The Balaban J connectivity index is 3.10. The summed E-state index contributed by atoms with van der Waals surface area (Å²) in [7, 11) is 0. The van der Waals surface area contributed by atoms with E-state index in [-0.39, 0.29) is 5.02 Å². The molecule has 1 nitrogen and oxygen atoms in total. The van der Waals surface area contributed by atoms with E-state index in [2.05, 4.69) is 0 Å². The highest BCUT2D eigenvalue weighted by molar-refractivity contribution is 6.30. The van der Waals surface area contributed by atoms with Gasteiger partial charge in [-0.2, -0.15) is 0 Å². The van der Waals surface area contributed by atoms with E-state index in [9.17, 15) is 9.50 Å². The van der Waals surface area contributed by atoms with Crippen molar-refractivity contribution in [2.75, 3.05) is 0 Å². The fourth-order valence-electron chi connectivity index (χ4n) is 1.04. The fourth-order valence-corrected chi connectivity index (χ4v) is 1.15. The van der Waals surface area contributed by atoms with E-state index >= 15 is 0 Å². The van der Waals surface area contributed by atoms with Crippen molar-refractivity contribution in [3.63, 3.8) is 0 Å². The smallest absolute Gasteiger partial charge is 0.142 e. The van der Waals surface area contributed by atoms with E-state index in [0.29, 0.717) is 12.0 Å². The summed E-state index contributed by atoms with van der Waals surface area (Å²) in [5, 5.41) is 9.88. The van der Waals surface area contributed by atoms with E-state index in [1.54, 1.807) is 13.0 Å². The topological polar surface area (TPSA) is 20.2 Å². The molecule has 3 heteroatoms. The highest BCUT2D eigenvalue weighted by atomic mass is 35.5. The second kappa shape index (κ2) is 3.64. The predicted molar refractivity (Wildman–Crippen MR) is 51.3 cm³/mol. The lowest BCUT2D eigenvalue weighted by Gasteiger charge is -2.21. The summed E-state index contributed by atoms with van der Waals surface area (Å²) in [6.07, 6.45) is 0.536. The highest BCUT2D eigenvalue weighted by Crippen LogP contribution is 2.26. The first-order valence-corrected chi connectivity index (χ1v) is 4.53. The van der Waals surface area contributed by atoms with Crippen LogP contribution < -0.4 is 0 Å². The predicted octanol–water partition coefficient (Wildman–Crippen LogP) is 3.10. The lowest BCUT2D eigenvalue weighted by molar-refractivity contribution is 0.0528. The van der Waals surface area contributed by atoms with Crippen molar-refractivity contribution in [3.8, 4) is 0 Å². The summed E-state index contributed by atoms with van der Waals surface area (Å²) in [5.41, 5.74) is -0.428. The SMILES string of the molecule is CC[C@@](C)(O)c1ccc(Cl)c(F)c1. The van der Waals surface area contributed by atoms with Gasteiger partial charge in [0.05, 0.1) is 10.6 Å². The summed E-state index contributed by atoms with van der Waals surface area (Å²) in [6, 6.07) is 4.36. The summed E-state index contributed by atoms with van der Waals surface area (Å²) in [5.74, 6) is -0.493. The minimum absolute atomic E-state index is 0.0793. The molecule has 0 bridgehead atoms. The molecule has 1 N–H and O–H groups in total. The average molecular weight is 203 g/mol. The molecule has 1 atom stereocenters. The van der Waals surface area contributed by atoms with E-state index in [0.717, 1.165) is 0 Å². The Bertz CT molecular complexity index is 310. The third kappa shape index (κ3) is 2.20. The normalized spacial score (nSPS) is 15.5. The molecule has 13 heavy (non-hydrogen) atoms. The monoisotopic (exact) mass is 202 g/mol. The number of rotatable bonds is 2. The molecule has 1 aromatic carbocycles. The van der Waals surface area contributed by atoms with E-state index in [1.165, 1.54) is 12.1 Å². The van der Waals surface area contributed by atoms with Crippen molar-refractivity contribution < 1.29 is 9.50 Å². The van der Waals surface area contributed by atoms with Gasteiger partial charge >= 0.3 is 0 Å². The molecule has 0 radical (unpaired) electrons. The van der Waals surface area contributed by atoms with Crippen molar-refractivity contribution in [2.24, 2.45) is 0 Å². The maximum Gasteiger partial charge on any atom is 0.142 e. The van der Waals surface area contributed by atoms with Crippen LogP contribution in [-0.2, 0) is 5.60 Å². The van der Waals surface area contributed by atoms with Gasteiger partial charge in [0, 0.05) is 0 Å². The third-order valence-electron chi connectivity index (χ3n) is 2.23. The summed E-state index contributed by atoms with van der Waals surface area (Å²) in [6.45, 7) is 3.49. The first-order chi connectivity index (χ1) is 5.97. The second-order valence-corrected chi connectivity index (χ2v) is 3.66. The second-order valence-electron chi connectivity index (χ2n) is 3.26. The fraction of sp³-hybridized carbons (Fsp3) is 0.400. The molecule has 0 aliphatic carbocycles. The lowest BCUT2D eigenvalue weighted by Crippen LogP contribution is -2.19.